The van der Waals surface area contributed by atoms with E-state index in [0.29, 0.717) is 0 Å². The van der Waals surface area contributed by atoms with Crippen molar-refractivity contribution in [2.45, 2.75) is 40.5 Å². The molecule has 0 saturated carbocycles. The van der Waals surface area contributed by atoms with Gasteiger partial charge in [-0.05, 0) is 85.0 Å². The lowest BCUT2D eigenvalue weighted by atomic mass is 9.78. The van der Waals surface area contributed by atoms with Gasteiger partial charge in [0.05, 0.1) is 0 Å². The normalized spacial score (nSPS) is 13.1. The molecule has 1 aliphatic carbocycles. The summed E-state index contributed by atoms with van der Waals surface area (Å²) in [6, 6.07) is 8.89. The lowest BCUT2D eigenvalue weighted by Crippen LogP contribution is -2.10. The molecule has 0 spiro atoms. The van der Waals surface area contributed by atoms with Gasteiger partial charge >= 0.3 is 0 Å². The fourth-order valence-corrected chi connectivity index (χ4v) is 3.31. The number of aryl methyl sites for hydroxylation is 1. The van der Waals surface area contributed by atoms with Crippen LogP contribution in [-0.4, -0.2) is 0 Å². The van der Waals surface area contributed by atoms with Gasteiger partial charge in [0.25, 0.3) is 0 Å². The molecule has 2 aromatic carbocycles. The van der Waals surface area contributed by atoms with Crippen molar-refractivity contribution in [3.8, 4) is 11.1 Å². The third-order valence-electron chi connectivity index (χ3n) is 4.75. The summed E-state index contributed by atoms with van der Waals surface area (Å²) in [4.78, 5) is 0. The van der Waals surface area contributed by atoms with Gasteiger partial charge in [0.1, 0.15) is 0 Å². The molecule has 0 fully saturated rings. The van der Waals surface area contributed by atoms with Gasteiger partial charge in [-0.15, -0.1) is 0 Å². The molecule has 0 N–H and O–H groups in total. The lowest BCUT2D eigenvalue weighted by Gasteiger charge is -2.26. The quantitative estimate of drug-likeness (QED) is 0.622. The lowest BCUT2D eigenvalue weighted by molar-refractivity contribution is 0.920. The Morgan fingerprint density at radius 2 is 1.39 bits per heavy atom. The van der Waals surface area contributed by atoms with Crippen LogP contribution < -0.4 is 0 Å². The highest BCUT2D eigenvalue weighted by Crippen LogP contribution is 2.40. The highest BCUT2D eigenvalue weighted by atomic mass is 14.3. The van der Waals surface area contributed by atoms with Crippen molar-refractivity contribution in [1.82, 2.24) is 0 Å². The summed E-state index contributed by atoms with van der Waals surface area (Å²) in [5, 5.41) is 0. The molecule has 0 atom stereocenters. The smallest absolute Gasteiger partial charge is 0.0114 e. The Balaban J connectivity index is 2.41. The maximum atomic E-state index is 2.29. The molecule has 0 unspecified atom stereocenters. The number of rotatable bonds is 0. The highest BCUT2D eigenvalue weighted by Gasteiger charge is 2.21. The zero-order valence-corrected chi connectivity index (χ0v) is 11.7. The van der Waals surface area contributed by atoms with Gasteiger partial charge in [-0.25, -0.2) is 0 Å². The van der Waals surface area contributed by atoms with E-state index in [1.54, 1.807) is 5.56 Å². The number of hydrogen-bond donors (Lipinski definition) is 0. The Morgan fingerprint density at radius 3 is 2.17 bits per heavy atom. The molecule has 0 aliphatic heterocycles. The van der Waals surface area contributed by atoms with Crippen molar-refractivity contribution in [1.29, 1.82) is 0 Å². The van der Waals surface area contributed by atoms with E-state index in [4.69, 9.17) is 0 Å². The summed E-state index contributed by atoms with van der Waals surface area (Å²) in [5.41, 5.74) is 12.0. The van der Waals surface area contributed by atoms with Gasteiger partial charge in [-0.1, -0.05) is 24.3 Å². The Morgan fingerprint density at radius 1 is 0.722 bits per heavy atom. The van der Waals surface area contributed by atoms with Gasteiger partial charge < -0.3 is 0 Å². The molecule has 0 saturated heterocycles. The fraction of sp³-hybridized carbons (Fsp3) is 0.333. The van der Waals surface area contributed by atoms with E-state index in [9.17, 15) is 0 Å². The molecule has 18 heavy (non-hydrogen) atoms. The fourth-order valence-electron chi connectivity index (χ4n) is 3.31. The molecule has 1 aliphatic rings. The van der Waals surface area contributed by atoms with Crippen LogP contribution in [0.15, 0.2) is 24.3 Å². The van der Waals surface area contributed by atoms with E-state index in [2.05, 4.69) is 52.0 Å². The van der Waals surface area contributed by atoms with Crippen molar-refractivity contribution in [2.75, 3.05) is 0 Å². The summed E-state index contributed by atoms with van der Waals surface area (Å²) >= 11 is 0. The summed E-state index contributed by atoms with van der Waals surface area (Å²) in [6.45, 7) is 9.09. The summed E-state index contributed by atoms with van der Waals surface area (Å²) < 4.78 is 0. The summed E-state index contributed by atoms with van der Waals surface area (Å²) in [5.74, 6) is 0. The van der Waals surface area contributed by atoms with Crippen molar-refractivity contribution < 1.29 is 0 Å². The molecule has 0 nitrogen and oxygen atoms in total. The van der Waals surface area contributed by atoms with Crippen LogP contribution >= 0.6 is 0 Å². The van der Waals surface area contributed by atoms with Gasteiger partial charge in [0.15, 0.2) is 0 Å². The second-order valence-electron chi connectivity index (χ2n) is 5.51. The van der Waals surface area contributed by atoms with Crippen LogP contribution in [0.25, 0.3) is 11.1 Å². The first-order valence-electron chi connectivity index (χ1n) is 6.78. The predicted molar refractivity (Wildman–Crippen MR) is 78.2 cm³/mol. The number of hydrogen-bond acceptors (Lipinski definition) is 0. The standard InChI is InChI=1S/C18H20/c1-11-12(2)14(4)18-16(13(11)3)10-9-15-7-5-6-8-17(15)18/h5-8H,9-10H2,1-4H3. The Bertz CT molecular complexity index is 633. The maximum absolute atomic E-state index is 2.29. The van der Waals surface area contributed by atoms with Crippen LogP contribution in [-0.2, 0) is 12.8 Å². The molecular formula is C18H20. The molecule has 0 amide bonds. The zero-order valence-electron chi connectivity index (χ0n) is 11.7. The minimum atomic E-state index is 1.19. The molecule has 0 radical (unpaired) electrons. The molecule has 3 rings (SSSR count). The molecule has 0 heterocycles. The molecule has 0 aromatic heterocycles. The first kappa shape index (κ1) is 11.5. The Kier molecular flexibility index (Phi) is 2.55. The summed E-state index contributed by atoms with van der Waals surface area (Å²) in [7, 11) is 0. The van der Waals surface area contributed by atoms with E-state index in [1.165, 1.54) is 51.8 Å². The van der Waals surface area contributed by atoms with Crippen LogP contribution in [0.5, 0.6) is 0 Å². The van der Waals surface area contributed by atoms with Crippen LogP contribution in [0.1, 0.15) is 33.4 Å². The minimum absolute atomic E-state index is 1.19. The average Bonchev–Trinajstić information content (AvgIpc) is 2.41. The van der Waals surface area contributed by atoms with Crippen molar-refractivity contribution in [2.24, 2.45) is 0 Å². The third-order valence-corrected chi connectivity index (χ3v) is 4.75. The minimum Gasteiger partial charge on any atom is -0.0620 e. The molecule has 0 bridgehead atoms. The first-order valence-corrected chi connectivity index (χ1v) is 6.78. The highest BCUT2D eigenvalue weighted by molar-refractivity contribution is 5.79. The van der Waals surface area contributed by atoms with Gasteiger partial charge in [-0.3, -0.25) is 0 Å². The Hall–Kier alpha value is -1.56. The summed E-state index contributed by atoms with van der Waals surface area (Å²) in [6.07, 6.45) is 2.38. The molecule has 2 aromatic rings. The van der Waals surface area contributed by atoms with E-state index in [0.717, 1.165) is 0 Å². The van der Waals surface area contributed by atoms with Crippen molar-refractivity contribution in [3.05, 3.63) is 57.6 Å². The monoisotopic (exact) mass is 236 g/mol. The van der Waals surface area contributed by atoms with Crippen LogP contribution in [0, 0.1) is 27.7 Å². The predicted octanol–water partition coefficient (Wildman–Crippen LogP) is 4.69. The van der Waals surface area contributed by atoms with E-state index in [1.807, 2.05) is 0 Å². The Labute approximate surface area is 110 Å². The van der Waals surface area contributed by atoms with Crippen LogP contribution in [0.2, 0.25) is 0 Å². The second kappa shape index (κ2) is 3.98. The maximum Gasteiger partial charge on any atom is -0.0114 e. The molecular weight excluding hydrogens is 216 g/mol. The van der Waals surface area contributed by atoms with E-state index in [-0.39, 0.29) is 0 Å². The molecule has 92 valence electrons. The van der Waals surface area contributed by atoms with Gasteiger partial charge in [-0.2, -0.15) is 0 Å². The molecule has 0 heteroatoms. The van der Waals surface area contributed by atoms with Crippen LogP contribution in [0.4, 0.5) is 0 Å². The van der Waals surface area contributed by atoms with Gasteiger partial charge in [0.2, 0.25) is 0 Å². The largest absolute Gasteiger partial charge is 0.0620 e. The number of benzene rings is 2. The van der Waals surface area contributed by atoms with E-state index >= 15 is 0 Å². The first-order chi connectivity index (χ1) is 8.61. The average molecular weight is 236 g/mol. The van der Waals surface area contributed by atoms with Crippen LogP contribution in [0.3, 0.4) is 0 Å². The van der Waals surface area contributed by atoms with E-state index < -0.39 is 0 Å². The van der Waals surface area contributed by atoms with Crippen molar-refractivity contribution >= 4 is 0 Å². The number of fused-ring (bicyclic) bond motifs is 3. The third kappa shape index (κ3) is 1.45. The topological polar surface area (TPSA) is 0 Å². The van der Waals surface area contributed by atoms with Crippen molar-refractivity contribution in [3.63, 3.8) is 0 Å². The second-order valence-corrected chi connectivity index (χ2v) is 5.51. The van der Waals surface area contributed by atoms with Gasteiger partial charge in [0, 0.05) is 0 Å². The zero-order chi connectivity index (χ0) is 12.9. The SMILES string of the molecule is Cc1c(C)c(C)c2c(c1C)CCc1ccccc1-2.